The summed E-state index contributed by atoms with van der Waals surface area (Å²) in [6.45, 7) is -0.500. The average molecular weight is 147 g/mol. The molecular weight excluding hydrogens is 141 g/mol. The van der Waals surface area contributed by atoms with Crippen molar-refractivity contribution in [2.45, 2.75) is 0 Å². The Labute approximate surface area is 81.4 Å². The van der Waals surface area contributed by atoms with E-state index in [1.165, 1.54) is 0 Å². The van der Waals surface area contributed by atoms with Gasteiger partial charge in [0.15, 0.2) is 0 Å². The molecule has 0 spiro atoms. The quantitative estimate of drug-likeness (QED) is 0.282. The molecule has 3 nitrogen and oxygen atoms in total. The minimum atomic E-state index is -0.500. The van der Waals surface area contributed by atoms with Gasteiger partial charge in [0.05, 0.1) is 0 Å². The van der Waals surface area contributed by atoms with Crippen LogP contribution in [-0.2, 0) is 4.79 Å². The van der Waals surface area contributed by atoms with Gasteiger partial charge in [0, 0.05) is 18.9 Å². The van der Waals surface area contributed by atoms with Gasteiger partial charge in [-0.2, -0.15) is 0 Å². The number of aromatic nitrogens is 1. The van der Waals surface area contributed by atoms with Crippen molar-refractivity contribution in [2.75, 3.05) is 0 Å². The third-order valence-electron chi connectivity index (χ3n) is 0.566. The van der Waals surface area contributed by atoms with Gasteiger partial charge < -0.3 is 9.90 Å². The van der Waals surface area contributed by atoms with E-state index in [-0.39, 0.29) is 29.6 Å². The van der Waals surface area contributed by atoms with Crippen LogP contribution in [0.3, 0.4) is 0 Å². The van der Waals surface area contributed by atoms with E-state index >= 15 is 0 Å². The van der Waals surface area contributed by atoms with Crippen LogP contribution in [0.25, 0.3) is 0 Å². The van der Waals surface area contributed by atoms with Crippen molar-refractivity contribution in [3.05, 3.63) is 30.6 Å². The van der Waals surface area contributed by atoms with Gasteiger partial charge in [-0.05, 0) is 12.1 Å². The first kappa shape index (κ1) is 12.3. The monoisotopic (exact) mass is 147 g/mol. The zero-order valence-electron chi connectivity index (χ0n) is 5.73. The van der Waals surface area contributed by atoms with Crippen molar-refractivity contribution in [3.63, 3.8) is 0 Å². The largest absolute Gasteiger partial charge is 1.00 e. The van der Waals surface area contributed by atoms with Gasteiger partial charge >= 0.3 is 29.6 Å². The van der Waals surface area contributed by atoms with Crippen LogP contribution < -0.4 is 34.7 Å². The fourth-order valence-corrected chi connectivity index (χ4v) is 0.313. The van der Waals surface area contributed by atoms with Gasteiger partial charge in [-0.1, -0.05) is 6.07 Å². The molecule has 0 unspecified atom stereocenters. The molecule has 1 aromatic rings. The number of nitrogens with zero attached hydrogens (tertiary/aromatic N) is 1. The van der Waals surface area contributed by atoms with E-state index < -0.39 is 6.47 Å². The van der Waals surface area contributed by atoms with Crippen molar-refractivity contribution in [1.29, 1.82) is 0 Å². The van der Waals surface area contributed by atoms with Crippen molar-refractivity contribution in [1.82, 2.24) is 4.98 Å². The van der Waals surface area contributed by atoms with E-state index in [0.29, 0.717) is 0 Å². The number of carbonyl (C=O) groups excluding carboxylic acids is 1. The molecule has 0 aliphatic heterocycles. The van der Waals surface area contributed by atoms with E-state index in [1.807, 2.05) is 18.2 Å². The molecule has 0 aromatic carbocycles. The smallest absolute Gasteiger partial charge is 0.554 e. The van der Waals surface area contributed by atoms with E-state index in [9.17, 15) is 0 Å². The first-order chi connectivity index (χ1) is 4.41. The summed E-state index contributed by atoms with van der Waals surface area (Å²) in [5.74, 6) is 0. The van der Waals surface area contributed by atoms with Crippen LogP contribution in [0.4, 0.5) is 0 Å². The predicted octanol–water partition coefficient (Wildman–Crippen LogP) is -3.55. The summed E-state index contributed by atoms with van der Waals surface area (Å²) < 4.78 is 0. The van der Waals surface area contributed by atoms with E-state index in [0.717, 1.165) is 0 Å². The van der Waals surface area contributed by atoms with Gasteiger partial charge in [0.1, 0.15) is 0 Å². The molecule has 1 aromatic heterocycles. The summed E-state index contributed by atoms with van der Waals surface area (Å²) in [6, 6.07) is 5.72. The number of rotatable bonds is 0. The molecular formula is C6H6NNaO2. The summed E-state index contributed by atoms with van der Waals surface area (Å²) in [4.78, 5) is 12.0. The van der Waals surface area contributed by atoms with Crippen molar-refractivity contribution < 1.29 is 39.5 Å². The molecule has 0 saturated heterocycles. The molecule has 10 heavy (non-hydrogen) atoms. The second-order valence-corrected chi connectivity index (χ2v) is 1.12. The molecule has 0 saturated carbocycles. The zero-order valence-corrected chi connectivity index (χ0v) is 7.73. The topological polar surface area (TPSA) is 53.0 Å². The first-order valence-corrected chi connectivity index (χ1v) is 2.32. The van der Waals surface area contributed by atoms with Crippen LogP contribution in [0.1, 0.15) is 0 Å². The number of carboxylic acid groups (broad SMARTS) is 1. The molecule has 1 rings (SSSR count). The Morgan fingerprint density at radius 2 is 1.60 bits per heavy atom. The molecule has 0 radical (unpaired) electrons. The Morgan fingerprint density at radius 1 is 1.20 bits per heavy atom. The van der Waals surface area contributed by atoms with Crippen molar-refractivity contribution >= 4 is 6.47 Å². The molecule has 0 fully saturated rings. The molecule has 0 atom stereocenters. The van der Waals surface area contributed by atoms with Crippen LogP contribution in [0.5, 0.6) is 0 Å². The normalized spacial score (nSPS) is 6.00. The first-order valence-electron chi connectivity index (χ1n) is 2.32. The van der Waals surface area contributed by atoms with Crippen LogP contribution in [0.2, 0.25) is 0 Å². The summed E-state index contributed by atoms with van der Waals surface area (Å²) in [6.07, 6.45) is 3.50. The van der Waals surface area contributed by atoms with Gasteiger partial charge in [-0.15, -0.1) is 0 Å². The number of pyridine rings is 1. The molecule has 0 N–H and O–H groups in total. The number of hydrogen-bond acceptors (Lipinski definition) is 3. The molecule has 0 aliphatic rings. The molecule has 0 aliphatic carbocycles. The Morgan fingerprint density at radius 3 is 1.70 bits per heavy atom. The van der Waals surface area contributed by atoms with Crippen molar-refractivity contribution in [3.8, 4) is 0 Å². The van der Waals surface area contributed by atoms with Crippen LogP contribution in [-0.4, -0.2) is 11.5 Å². The van der Waals surface area contributed by atoms with Gasteiger partial charge in [-0.25, -0.2) is 0 Å². The average Bonchev–Trinajstić information content (AvgIpc) is 1.93. The van der Waals surface area contributed by atoms with Gasteiger partial charge in [0.25, 0.3) is 0 Å². The molecule has 0 amide bonds. The maximum atomic E-state index is 8.25. The summed E-state index contributed by atoms with van der Waals surface area (Å²) in [5.41, 5.74) is 0. The zero-order chi connectivity index (χ0) is 6.95. The second kappa shape index (κ2) is 11.4. The maximum Gasteiger partial charge on any atom is 1.00 e. The third-order valence-corrected chi connectivity index (χ3v) is 0.566. The molecule has 4 heteroatoms. The third kappa shape index (κ3) is 10.6. The van der Waals surface area contributed by atoms with E-state index in [4.69, 9.17) is 9.90 Å². The predicted molar refractivity (Wildman–Crippen MR) is 30.3 cm³/mol. The minimum Gasteiger partial charge on any atom is -0.554 e. The van der Waals surface area contributed by atoms with Gasteiger partial charge in [0.2, 0.25) is 0 Å². The molecule has 0 bridgehead atoms. The van der Waals surface area contributed by atoms with Crippen LogP contribution >= 0.6 is 0 Å². The van der Waals surface area contributed by atoms with E-state index in [2.05, 4.69) is 4.98 Å². The molecule has 1 heterocycles. The fourth-order valence-electron chi connectivity index (χ4n) is 0.313. The standard InChI is InChI=1S/C5H5N.CH2O2.Na/c1-2-4-6-5-3-1;2-1-3;/h1-5H;1H,(H,2,3);/q;;+1/p-1. The maximum absolute atomic E-state index is 8.25. The Bertz CT molecular complexity index is 119. The molecule has 48 valence electrons. The van der Waals surface area contributed by atoms with E-state index in [1.54, 1.807) is 12.4 Å². The summed E-state index contributed by atoms with van der Waals surface area (Å²) >= 11 is 0. The summed E-state index contributed by atoms with van der Waals surface area (Å²) in [7, 11) is 0. The fraction of sp³-hybridized carbons (Fsp3) is 0. The van der Waals surface area contributed by atoms with Crippen molar-refractivity contribution in [2.24, 2.45) is 0 Å². The Kier molecular flexibility index (Phi) is 14.1. The minimum absolute atomic E-state index is 0. The second-order valence-electron chi connectivity index (χ2n) is 1.12. The number of carbonyl (C=O) groups is 1. The Balaban J connectivity index is 0. The SMILES string of the molecule is O=C[O-].[Na+].c1ccncc1. The van der Waals surface area contributed by atoms with Gasteiger partial charge in [-0.3, -0.25) is 4.98 Å². The van der Waals surface area contributed by atoms with Crippen LogP contribution in [0.15, 0.2) is 30.6 Å². The Hall–Kier alpha value is -0.380. The number of hydrogen-bond donors (Lipinski definition) is 0. The summed E-state index contributed by atoms with van der Waals surface area (Å²) in [5, 5.41) is 8.25. The van der Waals surface area contributed by atoms with Crippen LogP contribution in [0, 0.1) is 0 Å².